The van der Waals surface area contributed by atoms with Crippen LogP contribution in [-0.2, 0) is 23.0 Å². The van der Waals surface area contributed by atoms with Gasteiger partial charge in [-0.25, -0.2) is 13.6 Å². The minimum atomic E-state index is -4.48. The summed E-state index contributed by atoms with van der Waals surface area (Å²) in [6.45, 7) is -0.771. The molecule has 1 aliphatic carbocycles. The Morgan fingerprint density at radius 3 is 2.48 bits per heavy atom. The maximum atomic E-state index is 13.2. The SMILES string of the molecule is CCn1nc(C(=O)NCC2(O)CCC(S(N)(=O)=O)CC2)c(Cl)c1-c1ccc(CC(C)C(F)(F)F)cc1OC(F)F. The van der Waals surface area contributed by atoms with Crippen molar-refractivity contribution in [2.24, 2.45) is 11.1 Å². The van der Waals surface area contributed by atoms with Crippen LogP contribution in [0.15, 0.2) is 18.2 Å². The van der Waals surface area contributed by atoms with Crippen LogP contribution in [0.2, 0.25) is 5.02 Å². The monoisotopic (exact) mass is 616 g/mol. The van der Waals surface area contributed by atoms with Crippen molar-refractivity contribution in [3.8, 4) is 17.0 Å². The van der Waals surface area contributed by atoms with Gasteiger partial charge in [0.2, 0.25) is 10.0 Å². The zero-order valence-electron chi connectivity index (χ0n) is 21.6. The fourth-order valence-electron chi connectivity index (χ4n) is 4.59. The van der Waals surface area contributed by atoms with Crippen molar-refractivity contribution in [3.05, 3.63) is 34.5 Å². The number of rotatable bonds is 10. The first-order chi connectivity index (χ1) is 18.4. The minimum absolute atomic E-state index is 0.0120. The third-order valence-corrected chi connectivity index (χ3v) is 8.69. The molecule has 4 N–H and O–H groups in total. The van der Waals surface area contributed by atoms with Gasteiger partial charge in [0.05, 0.1) is 27.5 Å². The number of nitrogens with two attached hydrogens (primary N) is 1. The molecule has 9 nitrogen and oxygen atoms in total. The molecule has 0 bridgehead atoms. The van der Waals surface area contributed by atoms with Crippen LogP contribution < -0.4 is 15.2 Å². The van der Waals surface area contributed by atoms with Crippen molar-refractivity contribution < 1.29 is 45.0 Å². The van der Waals surface area contributed by atoms with Gasteiger partial charge in [-0.2, -0.15) is 27.1 Å². The normalized spacial score (nSPS) is 20.9. The number of nitrogens with zero attached hydrogens (tertiary/aromatic N) is 2. The first-order valence-corrected chi connectivity index (χ1v) is 14.4. The number of aliphatic hydroxyl groups is 1. The second-order valence-electron chi connectivity index (χ2n) is 9.88. The summed E-state index contributed by atoms with van der Waals surface area (Å²) in [5.41, 5.74) is -1.54. The van der Waals surface area contributed by atoms with E-state index in [1.807, 2.05) is 0 Å². The van der Waals surface area contributed by atoms with Crippen LogP contribution in [-0.4, -0.2) is 59.4 Å². The third kappa shape index (κ3) is 7.62. The van der Waals surface area contributed by atoms with E-state index in [-0.39, 0.29) is 66.3 Å². The quantitative estimate of drug-likeness (QED) is 0.341. The van der Waals surface area contributed by atoms with Gasteiger partial charge in [-0.05, 0) is 56.7 Å². The zero-order valence-corrected chi connectivity index (χ0v) is 23.2. The van der Waals surface area contributed by atoms with E-state index in [4.69, 9.17) is 16.7 Å². The first kappa shape index (κ1) is 32.0. The second kappa shape index (κ2) is 12.2. The summed E-state index contributed by atoms with van der Waals surface area (Å²) in [6.07, 6.45) is -4.58. The number of sulfonamides is 1. The zero-order chi connectivity index (χ0) is 30.0. The summed E-state index contributed by atoms with van der Waals surface area (Å²) in [7, 11) is -3.75. The number of carbonyl (C=O) groups excluding carboxylic acids is 1. The smallest absolute Gasteiger partial charge is 0.391 e. The number of halogens is 6. The summed E-state index contributed by atoms with van der Waals surface area (Å²) in [5.74, 6) is -2.96. The van der Waals surface area contributed by atoms with Crippen molar-refractivity contribution in [2.45, 2.75) is 76.1 Å². The number of primary sulfonamides is 1. The molecule has 1 aromatic carbocycles. The molecule has 1 unspecified atom stereocenters. The molecule has 1 aliphatic rings. The third-order valence-electron chi connectivity index (χ3n) is 6.93. The molecule has 2 aromatic rings. The number of carbonyl (C=O) groups is 1. The Bertz CT molecular complexity index is 1330. The van der Waals surface area contributed by atoms with Crippen molar-refractivity contribution in [1.29, 1.82) is 0 Å². The van der Waals surface area contributed by atoms with Gasteiger partial charge in [-0.15, -0.1) is 0 Å². The Balaban J connectivity index is 1.86. The van der Waals surface area contributed by atoms with Crippen LogP contribution in [0, 0.1) is 5.92 Å². The summed E-state index contributed by atoms with van der Waals surface area (Å²) >= 11 is 6.48. The molecular weight excluding hydrogens is 587 g/mol. The van der Waals surface area contributed by atoms with Crippen molar-refractivity contribution in [3.63, 3.8) is 0 Å². The van der Waals surface area contributed by atoms with Gasteiger partial charge in [0.15, 0.2) is 5.69 Å². The van der Waals surface area contributed by atoms with Crippen molar-refractivity contribution in [2.75, 3.05) is 6.54 Å². The lowest BCUT2D eigenvalue weighted by molar-refractivity contribution is -0.169. The van der Waals surface area contributed by atoms with Crippen molar-refractivity contribution in [1.82, 2.24) is 15.1 Å². The summed E-state index contributed by atoms with van der Waals surface area (Å²) < 4.78 is 94.5. The largest absolute Gasteiger partial charge is 0.434 e. The van der Waals surface area contributed by atoms with E-state index in [0.717, 1.165) is 13.0 Å². The summed E-state index contributed by atoms with van der Waals surface area (Å²) in [5, 5.41) is 21.7. The van der Waals surface area contributed by atoms with Crippen LogP contribution >= 0.6 is 11.6 Å². The highest BCUT2D eigenvalue weighted by atomic mass is 35.5. The molecule has 0 radical (unpaired) electrons. The maximum absolute atomic E-state index is 13.2. The number of aryl methyl sites for hydroxylation is 1. The molecule has 224 valence electrons. The highest BCUT2D eigenvalue weighted by Gasteiger charge is 2.38. The Kier molecular flexibility index (Phi) is 9.74. The molecule has 1 atom stereocenters. The number of aromatic nitrogens is 2. The Hall–Kier alpha value is -2.49. The number of alkyl halides is 5. The lowest BCUT2D eigenvalue weighted by Gasteiger charge is -2.35. The molecule has 1 fully saturated rings. The van der Waals surface area contributed by atoms with Gasteiger partial charge in [-0.3, -0.25) is 9.48 Å². The fraction of sp³-hybridized carbons (Fsp3) is 0.583. The van der Waals surface area contributed by atoms with Crippen LogP contribution in [0.3, 0.4) is 0 Å². The molecule has 40 heavy (non-hydrogen) atoms. The fourth-order valence-corrected chi connectivity index (χ4v) is 5.80. The van der Waals surface area contributed by atoms with Crippen LogP contribution in [0.25, 0.3) is 11.3 Å². The molecule has 1 aromatic heterocycles. The Morgan fingerprint density at radius 2 is 1.95 bits per heavy atom. The number of amides is 1. The molecule has 3 rings (SSSR count). The van der Waals surface area contributed by atoms with Gasteiger partial charge in [-0.1, -0.05) is 24.6 Å². The highest BCUT2D eigenvalue weighted by molar-refractivity contribution is 7.89. The lowest BCUT2D eigenvalue weighted by atomic mass is 9.84. The predicted octanol–water partition coefficient (Wildman–Crippen LogP) is 4.26. The van der Waals surface area contributed by atoms with Crippen LogP contribution in [0.5, 0.6) is 5.75 Å². The van der Waals surface area contributed by atoms with Gasteiger partial charge < -0.3 is 15.2 Å². The van der Waals surface area contributed by atoms with Crippen LogP contribution in [0.4, 0.5) is 22.0 Å². The molecular formula is C24H30ClF5N4O5S. The van der Waals surface area contributed by atoms with Gasteiger partial charge in [0.1, 0.15) is 5.75 Å². The van der Waals surface area contributed by atoms with Crippen molar-refractivity contribution >= 4 is 27.5 Å². The molecule has 0 aliphatic heterocycles. The van der Waals surface area contributed by atoms with Crippen LogP contribution in [0.1, 0.15) is 55.6 Å². The van der Waals surface area contributed by atoms with Gasteiger partial charge in [0, 0.05) is 18.7 Å². The molecule has 16 heteroatoms. The van der Waals surface area contributed by atoms with E-state index in [1.165, 1.54) is 16.8 Å². The molecule has 0 spiro atoms. The van der Waals surface area contributed by atoms with E-state index < -0.39 is 57.7 Å². The Labute approximate surface area is 232 Å². The lowest BCUT2D eigenvalue weighted by Crippen LogP contribution is -2.48. The predicted molar refractivity (Wildman–Crippen MR) is 137 cm³/mol. The standard InChI is InChI=1S/C24H30ClF5N4O5S/c1-3-34-20(16-5-4-14(10-13(2)24(28,29)30)11-17(16)39-22(26)27)18(25)19(33-34)21(35)32-12-23(36)8-6-15(7-9-23)40(31,37)38/h4-5,11,13,15,22,36H,3,6-10,12H2,1-2H3,(H,32,35)(H2,31,37,38). The van der Waals surface area contributed by atoms with Gasteiger partial charge in [0.25, 0.3) is 5.91 Å². The van der Waals surface area contributed by atoms with E-state index >= 15 is 0 Å². The topological polar surface area (TPSA) is 137 Å². The number of ether oxygens (including phenoxy) is 1. The molecule has 1 saturated carbocycles. The molecule has 1 heterocycles. The van der Waals surface area contributed by atoms with E-state index in [0.29, 0.717) is 0 Å². The summed E-state index contributed by atoms with van der Waals surface area (Å²) in [6, 6.07) is 3.67. The highest BCUT2D eigenvalue weighted by Crippen LogP contribution is 2.39. The van der Waals surface area contributed by atoms with E-state index in [1.54, 1.807) is 6.92 Å². The summed E-state index contributed by atoms with van der Waals surface area (Å²) in [4.78, 5) is 13.0. The number of hydrogen-bond acceptors (Lipinski definition) is 6. The number of nitrogens with one attached hydrogen (secondary N) is 1. The average molecular weight is 617 g/mol. The first-order valence-electron chi connectivity index (χ1n) is 12.4. The van der Waals surface area contributed by atoms with E-state index in [9.17, 15) is 40.3 Å². The van der Waals surface area contributed by atoms with E-state index in [2.05, 4.69) is 15.2 Å². The second-order valence-corrected chi connectivity index (χ2v) is 12.1. The molecule has 0 saturated heterocycles. The molecule has 1 amide bonds. The minimum Gasteiger partial charge on any atom is -0.434 e. The van der Waals surface area contributed by atoms with Gasteiger partial charge >= 0.3 is 12.8 Å². The number of hydrogen-bond donors (Lipinski definition) is 3. The number of benzene rings is 1. The average Bonchev–Trinajstić information content (AvgIpc) is 3.17. The maximum Gasteiger partial charge on any atom is 0.391 e. The Morgan fingerprint density at radius 1 is 1.32 bits per heavy atom.